The summed E-state index contributed by atoms with van der Waals surface area (Å²) in [4.78, 5) is 30.0. The Morgan fingerprint density at radius 1 is 0.862 bits per heavy atom. The summed E-state index contributed by atoms with van der Waals surface area (Å²) in [5.74, 6) is 3.01. The monoisotopic (exact) mass is 414 g/mol. The van der Waals surface area contributed by atoms with Crippen LogP contribution in [-0.4, -0.2) is 47.8 Å². The largest absolute Gasteiger partial charge is 0.341 e. The first-order valence-electron chi connectivity index (χ1n) is 11.3. The van der Waals surface area contributed by atoms with Gasteiger partial charge in [-0.05, 0) is 92.4 Å². The SMILES string of the molecule is O=C(CC12CC3CC(CC(C3)C1)C2)N1CCCN(C(=O)c2ccc(Cl)cc2)CC1. The summed E-state index contributed by atoms with van der Waals surface area (Å²) in [5.41, 5.74) is 0.958. The molecule has 4 aliphatic carbocycles. The topological polar surface area (TPSA) is 40.6 Å². The summed E-state index contributed by atoms with van der Waals surface area (Å²) in [6.45, 7) is 2.76. The number of hydrogen-bond acceptors (Lipinski definition) is 2. The number of nitrogens with zero attached hydrogens (tertiary/aromatic N) is 2. The highest BCUT2D eigenvalue weighted by Gasteiger charge is 2.51. The Hall–Kier alpha value is -1.55. The van der Waals surface area contributed by atoms with E-state index in [0.717, 1.165) is 37.1 Å². The van der Waals surface area contributed by atoms with Gasteiger partial charge in [-0.25, -0.2) is 0 Å². The zero-order chi connectivity index (χ0) is 20.0. The van der Waals surface area contributed by atoms with Gasteiger partial charge < -0.3 is 9.80 Å². The lowest BCUT2D eigenvalue weighted by molar-refractivity contribution is -0.139. The number of halogens is 1. The molecule has 1 saturated heterocycles. The van der Waals surface area contributed by atoms with Crippen LogP contribution in [0.15, 0.2) is 24.3 Å². The van der Waals surface area contributed by atoms with Gasteiger partial charge in [0.05, 0.1) is 0 Å². The third kappa shape index (κ3) is 3.93. The van der Waals surface area contributed by atoms with Crippen LogP contribution >= 0.6 is 11.6 Å². The van der Waals surface area contributed by atoms with E-state index in [9.17, 15) is 9.59 Å². The van der Waals surface area contributed by atoms with E-state index in [4.69, 9.17) is 11.6 Å². The van der Waals surface area contributed by atoms with Gasteiger partial charge in [-0.1, -0.05) is 11.6 Å². The maximum atomic E-state index is 13.2. The molecule has 0 N–H and O–H groups in total. The molecule has 6 rings (SSSR count). The summed E-state index contributed by atoms with van der Waals surface area (Å²) >= 11 is 5.94. The van der Waals surface area contributed by atoms with E-state index in [1.54, 1.807) is 24.3 Å². The minimum absolute atomic E-state index is 0.0389. The first-order chi connectivity index (χ1) is 14.0. The van der Waals surface area contributed by atoms with Crippen molar-refractivity contribution in [1.29, 1.82) is 0 Å². The summed E-state index contributed by atoms with van der Waals surface area (Å²) in [5, 5.41) is 0.638. The van der Waals surface area contributed by atoms with Crippen LogP contribution in [-0.2, 0) is 4.79 Å². The minimum atomic E-state index is 0.0389. The van der Waals surface area contributed by atoms with Gasteiger partial charge in [0.1, 0.15) is 0 Å². The van der Waals surface area contributed by atoms with Crippen molar-refractivity contribution in [2.75, 3.05) is 26.2 Å². The van der Waals surface area contributed by atoms with Crippen molar-refractivity contribution in [3.05, 3.63) is 34.9 Å². The van der Waals surface area contributed by atoms with E-state index in [0.29, 0.717) is 36.1 Å². The average Bonchev–Trinajstić information content (AvgIpc) is 2.93. The molecule has 1 aromatic rings. The maximum absolute atomic E-state index is 13.2. The molecule has 5 aliphatic rings. The van der Waals surface area contributed by atoms with E-state index in [-0.39, 0.29) is 11.3 Å². The number of carbonyl (C=O) groups excluding carboxylic acids is 2. The summed E-state index contributed by atoms with van der Waals surface area (Å²) in [7, 11) is 0. The molecule has 5 fully saturated rings. The van der Waals surface area contributed by atoms with E-state index < -0.39 is 0 Å². The highest BCUT2D eigenvalue weighted by Crippen LogP contribution is 2.61. The molecular formula is C24H31ClN2O2. The van der Waals surface area contributed by atoms with Crippen molar-refractivity contribution in [3.8, 4) is 0 Å². The second-order valence-corrected chi connectivity index (χ2v) is 10.6. The Labute approximate surface area is 178 Å². The van der Waals surface area contributed by atoms with Gasteiger partial charge in [0, 0.05) is 43.2 Å². The number of benzene rings is 1. The fraction of sp³-hybridized carbons (Fsp3) is 0.667. The van der Waals surface area contributed by atoms with Gasteiger partial charge >= 0.3 is 0 Å². The Morgan fingerprint density at radius 2 is 1.41 bits per heavy atom. The highest BCUT2D eigenvalue weighted by molar-refractivity contribution is 6.30. The lowest BCUT2D eigenvalue weighted by Crippen LogP contribution is -2.48. The van der Waals surface area contributed by atoms with E-state index in [1.807, 2.05) is 9.80 Å². The van der Waals surface area contributed by atoms with Gasteiger partial charge in [0.15, 0.2) is 0 Å². The van der Waals surface area contributed by atoms with Crippen molar-refractivity contribution >= 4 is 23.4 Å². The number of carbonyl (C=O) groups is 2. The Bertz CT molecular complexity index is 755. The van der Waals surface area contributed by atoms with Crippen LogP contribution < -0.4 is 0 Å². The first kappa shape index (κ1) is 19.4. The maximum Gasteiger partial charge on any atom is 0.253 e. The molecule has 0 spiro atoms. The van der Waals surface area contributed by atoms with Crippen LogP contribution in [0.25, 0.3) is 0 Å². The number of rotatable bonds is 3. The second kappa shape index (κ2) is 7.61. The van der Waals surface area contributed by atoms with Crippen molar-refractivity contribution in [3.63, 3.8) is 0 Å². The fourth-order valence-electron chi connectivity index (χ4n) is 7.08. The number of hydrogen-bond donors (Lipinski definition) is 0. The molecule has 0 atom stereocenters. The van der Waals surface area contributed by atoms with Crippen molar-refractivity contribution in [1.82, 2.24) is 9.80 Å². The van der Waals surface area contributed by atoms with Gasteiger partial charge in [-0.2, -0.15) is 0 Å². The van der Waals surface area contributed by atoms with Crippen LogP contribution in [0.1, 0.15) is 61.7 Å². The smallest absolute Gasteiger partial charge is 0.253 e. The second-order valence-electron chi connectivity index (χ2n) is 10.1. The lowest BCUT2D eigenvalue weighted by atomic mass is 9.49. The highest BCUT2D eigenvalue weighted by atomic mass is 35.5. The van der Waals surface area contributed by atoms with Crippen molar-refractivity contribution in [2.45, 2.75) is 51.4 Å². The molecule has 0 radical (unpaired) electrons. The molecule has 2 amide bonds. The normalized spacial score (nSPS) is 33.6. The third-order valence-electron chi connectivity index (χ3n) is 7.92. The van der Waals surface area contributed by atoms with E-state index in [1.165, 1.54) is 38.5 Å². The molecule has 5 heteroatoms. The molecule has 4 nitrogen and oxygen atoms in total. The quantitative estimate of drug-likeness (QED) is 0.723. The predicted octanol–water partition coefficient (Wildman–Crippen LogP) is 4.62. The van der Waals surface area contributed by atoms with Crippen LogP contribution in [0.2, 0.25) is 5.02 Å². The molecule has 1 heterocycles. The van der Waals surface area contributed by atoms with Gasteiger partial charge in [-0.3, -0.25) is 9.59 Å². The molecule has 156 valence electrons. The standard InChI is InChI=1S/C24H31ClN2O2/c25-21-4-2-20(3-5-21)23(29)27-7-1-6-26(8-9-27)22(28)16-24-13-17-10-18(14-24)12-19(11-17)15-24/h2-5,17-19H,1,6-16H2. The van der Waals surface area contributed by atoms with Gasteiger partial charge in [0.25, 0.3) is 5.91 Å². The molecule has 1 aromatic carbocycles. The van der Waals surface area contributed by atoms with Crippen molar-refractivity contribution < 1.29 is 9.59 Å². The van der Waals surface area contributed by atoms with Crippen LogP contribution in [0.4, 0.5) is 0 Å². The zero-order valence-electron chi connectivity index (χ0n) is 17.1. The summed E-state index contributed by atoms with van der Waals surface area (Å²) < 4.78 is 0. The average molecular weight is 415 g/mol. The Balaban J connectivity index is 1.20. The fourth-order valence-corrected chi connectivity index (χ4v) is 7.21. The van der Waals surface area contributed by atoms with Crippen LogP contribution in [0.5, 0.6) is 0 Å². The van der Waals surface area contributed by atoms with E-state index in [2.05, 4.69) is 0 Å². The predicted molar refractivity (Wildman–Crippen MR) is 114 cm³/mol. The number of amides is 2. The van der Waals surface area contributed by atoms with Crippen molar-refractivity contribution in [2.24, 2.45) is 23.2 Å². The molecule has 1 aliphatic heterocycles. The van der Waals surface area contributed by atoms with Gasteiger partial charge in [0.2, 0.25) is 5.91 Å². The van der Waals surface area contributed by atoms with Gasteiger partial charge in [-0.15, -0.1) is 0 Å². The minimum Gasteiger partial charge on any atom is -0.341 e. The van der Waals surface area contributed by atoms with Crippen LogP contribution in [0, 0.1) is 23.2 Å². The molecule has 4 bridgehead atoms. The molecule has 29 heavy (non-hydrogen) atoms. The zero-order valence-corrected chi connectivity index (χ0v) is 17.9. The summed E-state index contributed by atoms with van der Waals surface area (Å²) in [6.07, 6.45) is 9.67. The lowest BCUT2D eigenvalue weighted by Gasteiger charge is -2.57. The summed E-state index contributed by atoms with van der Waals surface area (Å²) in [6, 6.07) is 7.08. The Kier molecular flexibility index (Phi) is 5.09. The molecule has 0 unspecified atom stereocenters. The van der Waals surface area contributed by atoms with E-state index >= 15 is 0 Å². The third-order valence-corrected chi connectivity index (χ3v) is 8.17. The molecular weight excluding hydrogens is 384 g/mol. The van der Waals surface area contributed by atoms with Crippen LogP contribution in [0.3, 0.4) is 0 Å². The molecule has 4 saturated carbocycles. The first-order valence-corrected chi connectivity index (χ1v) is 11.7. The Morgan fingerprint density at radius 3 is 2.03 bits per heavy atom. The molecule has 0 aromatic heterocycles.